The lowest BCUT2D eigenvalue weighted by atomic mass is 9.93. The number of aryl methyl sites for hydroxylation is 1. The highest BCUT2D eigenvalue weighted by atomic mass is 16.6. The topological polar surface area (TPSA) is 76.3 Å². The number of nitro groups is 1. The molecule has 2 rings (SSSR count). The maximum Gasteiger partial charge on any atom is 0.277 e. The molecule has 0 unspecified atom stereocenters. The zero-order valence-corrected chi connectivity index (χ0v) is 11.1. The van der Waals surface area contributed by atoms with Gasteiger partial charge in [0.1, 0.15) is 11.6 Å². The van der Waals surface area contributed by atoms with Gasteiger partial charge < -0.3 is 4.90 Å². The lowest BCUT2D eigenvalue weighted by Gasteiger charge is -2.31. The van der Waals surface area contributed by atoms with Crippen LogP contribution in [0.25, 0.3) is 0 Å². The number of rotatable bonds is 3. The van der Waals surface area contributed by atoms with E-state index in [4.69, 9.17) is 0 Å². The Balaban J connectivity index is 2.19. The van der Waals surface area contributed by atoms with Crippen molar-refractivity contribution in [3.63, 3.8) is 0 Å². The molecule has 6 nitrogen and oxygen atoms in total. The van der Waals surface area contributed by atoms with Gasteiger partial charge in [-0.1, -0.05) is 0 Å². The van der Waals surface area contributed by atoms with Crippen molar-refractivity contribution >= 4 is 17.3 Å². The van der Waals surface area contributed by atoms with Crippen LogP contribution in [0.2, 0.25) is 0 Å². The van der Waals surface area contributed by atoms with E-state index in [0.717, 1.165) is 12.8 Å². The van der Waals surface area contributed by atoms with E-state index in [2.05, 4.69) is 4.98 Å². The molecule has 1 aromatic heterocycles. The molecule has 1 saturated carbocycles. The van der Waals surface area contributed by atoms with Crippen molar-refractivity contribution in [1.82, 2.24) is 4.98 Å². The van der Waals surface area contributed by atoms with Crippen LogP contribution in [0, 0.1) is 17.0 Å². The minimum Gasteiger partial charge on any atom is -0.356 e. The summed E-state index contributed by atoms with van der Waals surface area (Å²) >= 11 is 0. The van der Waals surface area contributed by atoms with E-state index >= 15 is 0 Å². The number of nitrogens with zero attached hydrogens (tertiary/aromatic N) is 3. The lowest BCUT2D eigenvalue weighted by Crippen LogP contribution is -2.35. The predicted octanol–water partition coefficient (Wildman–Crippen LogP) is 2.25. The number of ketones is 1. The third kappa shape index (κ3) is 2.89. The first kappa shape index (κ1) is 13.5. The molecule has 0 amide bonds. The van der Waals surface area contributed by atoms with E-state index in [1.807, 2.05) is 11.9 Å². The Bertz CT molecular complexity index is 506. The zero-order chi connectivity index (χ0) is 14.0. The number of carbonyl (C=O) groups excluding carboxylic acids is 1. The van der Waals surface area contributed by atoms with E-state index in [0.29, 0.717) is 30.0 Å². The summed E-state index contributed by atoms with van der Waals surface area (Å²) in [5, 5.41) is 10.9. The molecule has 0 atom stereocenters. The van der Waals surface area contributed by atoms with Gasteiger partial charge in [-0.3, -0.25) is 14.9 Å². The van der Waals surface area contributed by atoms with Crippen LogP contribution >= 0.6 is 0 Å². The van der Waals surface area contributed by atoms with Gasteiger partial charge in [-0.15, -0.1) is 0 Å². The smallest absolute Gasteiger partial charge is 0.277 e. The minimum atomic E-state index is -0.390. The van der Waals surface area contributed by atoms with Crippen molar-refractivity contribution in [2.24, 2.45) is 0 Å². The summed E-state index contributed by atoms with van der Waals surface area (Å²) in [6.45, 7) is 1.67. The summed E-state index contributed by atoms with van der Waals surface area (Å²) in [5.74, 6) is 0.893. The summed E-state index contributed by atoms with van der Waals surface area (Å²) in [7, 11) is 1.88. The molecular formula is C13H17N3O3. The fourth-order valence-corrected chi connectivity index (χ4v) is 2.39. The molecule has 1 heterocycles. The van der Waals surface area contributed by atoms with Crippen LogP contribution in [-0.2, 0) is 4.79 Å². The Hall–Kier alpha value is -1.98. The highest BCUT2D eigenvalue weighted by Gasteiger charge is 2.24. The van der Waals surface area contributed by atoms with Crippen molar-refractivity contribution in [3.8, 4) is 0 Å². The fourth-order valence-electron chi connectivity index (χ4n) is 2.39. The maximum atomic E-state index is 11.2. The number of hydrogen-bond acceptors (Lipinski definition) is 5. The van der Waals surface area contributed by atoms with E-state index in [9.17, 15) is 14.9 Å². The molecule has 6 heteroatoms. The first-order valence-electron chi connectivity index (χ1n) is 6.34. The van der Waals surface area contributed by atoms with Crippen LogP contribution in [0.5, 0.6) is 0 Å². The number of carbonyl (C=O) groups is 1. The number of pyridine rings is 1. The third-order valence-electron chi connectivity index (χ3n) is 3.68. The first-order valence-corrected chi connectivity index (χ1v) is 6.34. The summed E-state index contributed by atoms with van der Waals surface area (Å²) in [4.78, 5) is 28.0. The van der Waals surface area contributed by atoms with Crippen molar-refractivity contribution in [2.45, 2.75) is 38.6 Å². The van der Waals surface area contributed by atoms with Gasteiger partial charge in [0.05, 0.1) is 11.0 Å². The summed E-state index contributed by atoms with van der Waals surface area (Å²) in [6, 6.07) is 1.73. The van der Waals surface area contributed by atoms with Gasteiger partial charge in [-0.2, -0.15) is 0 Å². The van der Waals surface area contributed by atoms with Gasteiger partial charge in [0.15, 0.2) is 0 Å². The largest absolute Gasteiger partial charge is 0.356 e. The fraction of sp³-hybridized carbons (Fsp3) is 0.538. The molecule has 0 N–H and O–H groups in total. The molecule has 1 aliphatic carbocycles. The van der Waals surface area contributed by atoms with Crippen LogP contribution < -0.4 is 4.90 Å². The molecule has 0 spiro atoms. The average molecular weight is 263 g/mol. The Morgan fingerprint density at radius 2 is 2.05 bits per heavy atom. The molecule has 19 heavy (non-hydrogen) atoms. The monoisotopic (exact) mass is 263 g/mol. The van der Waals surface area contributed by atoms with E-state index < -0.39 is 4.92 Å². The number of aromatic nitrogens is 1. The van der Waals surface area contributed by atoms with Crippen molar-refractivity contribution in [3.05, 3.63) is 27.9 Å². The molecule has 102 valence electrons. The minimum absolute atomic E-state index is 0.0868. The SMILES string of the molecule is Cc1cnc(N(C)C2CCC(=O)CC2)cc1[N+](=O)[O-]. The van der Waals surface area contributed by atoms with Gasteiger partial charge in [0.25, 0.3) is 5.69 Å². The molecule has 1 aromatic rings. The van der Waals surface area contributed by atoms with Crippen LogP contribution in [0.3, 0.4) is 0 Å². The van der Waals surface area contributed by atoms with E-state index in [-0.39, 0.29) is 11.7 Å². The third-order valence-corrected chi connectivity index (χ3v) is 3.68. The van der Waals surface area contributed by atoms with Crippen LogP contribution in [0.4, 0.5) is 11.5 Å². The van der Waals surface area contributed by atoms with Crippen molar-refractivity contribution in [1.29, 1.82) is 0 Å². The molecular weight excluding hydrogens is 246 g/mol. The average Bonchev–Trinajstić information content (AvgIpc) is 2.39. The number of anilines is 1. The van der Waals surface area contributed by atoms with Crippen molar-refractivity contribution < 1.29 is 9.72 Å². The summed E-state index contributed by atoms with van der Waals surface area (Å²) in [6.07, 6.45) is 4.28. The molecule has 1 aliphatic rings. The van der Waals surface area contributed by atoms with Gasteiger partial charge >= 0.3 is 0 Å². The van der Waals surface area contributed by atoms with Gasteiger partial charge in [-0.05, 0) is 19.8 Å². The molecule has 0 saturated heterocycles. The Morgan fingerprint density at radius 3 is 2.63 bits per heavy atom. The summed E-state index contributed by atoms with van der Waals surface area (Å²) in [5.41, 5.74) is 0.643. The highest BCUT2D eigenvalue weighted by molar-refractivity contribution is 5.79. The maximum absolute atomic E-state index is 11.2. The second-order valence-electron chi connectivity index (χ2n) is 4.97. The van der Waals surface area contributed by atoms with E-state index in [1.165, 1.54) is 12.3 Å². The van der Waals surface area contributed by atoms with E-state index in [1.54, 1.807) is 6.92 Å². The molecule has 0 aromatic carbocycles. The van der Waals surface area contributed by atoms with Gasteiger partial charge in [0.2, 0.25) is 0 Å². The Kier molecular flexibility index (Phi) is 3.78. The molecule has 0 radical (unpaired) electrons. The molecule has 0 aliphatic heterocycles. The Morgan fingerprint density at radius 1 is 1.42 bits per heavy atom. The number of hydrogen-bond donors (Lipinski definition) is 0. The first-order chi connectivity index (χ1) is 8.99. The lowest BCUT2D eigenvalue weighted by molar-refractivity contribution is -0.385. The van der Waals surface area contributed by atoms with Crippen LogP contribution in [0.1, 0.15) is 31.2 Å². The Labute approximate surface area is 111 Å². The number of Topliss-reactive ketones (excluding diaryl/α,β-unsaturated/α-hetero) is 1. The van der Waals surface area contributed by atoms with Crippen molar-refractivity contribution in [2.75, 3.05) is 11.9 Å². The zero-order valence-electron chi connectivity index (χ0n) is 11.1. The van der Waals surface area contributed by atoms with Gasteiger partial charge in [0, 0.05) is 37.7 Å². The second kappa shape index (κ2) is 5.34. The molecule has 0 bridgehead atoms. The normalized spacial score (nSPS) is 16.4. The van der Waals surface area contributed by atoms with Crippen LogP contribution in [-0.4, -0.2) is 28.8 Å². The quantitative estimate of drug-likeness (QED) is 0.617. The molecule has 1 fully saturated rings. The van der Waals surface area contributed by atoms with Gasteiger partial charge in [-0.25, -0.2) is 4.98 Å². The standard InChI is InChI=1S/C13H17N3O3/c1-9-8-14-13(7-12(9)16(18)19)15(2)10-3-5-11(17)6-4-10/h7-8,10H,3-6H2,1-2H3. The highest BCUT2D eigenvalue weighted by Crippen LogP contribution is 2.27. The summed E-state index contributed by atoms with van der Waals surface area (Å²) < 4.78 is 0. The van der Waals surface area contributed by atoms with Crippen LogP contribution in [0.15, 0.2) is 12.3 Å². The predicted molar refractivity (Wildman–Crippen MR) is 71.3 cm³/mol. The second-order valence-corrected chi connectivity index (χ2v) is 4.97.